The van der Waals surface area contributed by atoms with E-state index in [0.717, 1.165) is 34.8 Å². The molecule has 3 heteroatoms. The lowest BCUT2D eigenvalue weighted by Gasteiger charge is -2.37. The van der Waals surface area contributed by atoms with E-state index >= 15 is 0 Å². The lowest BCUT2D eigenvalue weighted by molar-refractivity contribution is 0.641. The highest BCUT2D eigenvalue weighted by Gasteiger charge is 2.41. The van der Waals surface area contributed by atoms with E-state index in [0.29, 0.717) is 0 Å². The quantitative estimate of drug-likeness (QED) is 0.152. The summed E-state index contributed by atoms with van der Waals surface area (Å²) in [6.07, 6.45) is 15.2. The molecule has 2 heterocycles. The Hall–Kier alpha value is -5.80. The Labute approximate surface area is 300 Å². The highest BCUT2D eigenvalue weighted by atomic mass is 15.0. The van der Waals surface area contributed by atoms with Gasteiger partial charge >= 0.3 is 0 Å². The minimum absolute atomic E-state index is 0.0194. The number of hydrogen-bond donors (Lipinski definition) is 1. The predicted molar refractivity (Wildman–Crippen MR) is 216 cm³/mol. The first kappa shape index (κ1) is 31.2. The van der Waals surface area contributed by atoms with Crippen LogP contribution in [0.2, 0.25) is 0 Å². The molecule has 1 aromatic heterocycles. The molecule has 4 aliphatic rings. The molecular formula is C48H41N3. The third-order valence-electron chi connectivity index (χ3n) is 11.3. The van der Waals surface area contributed by atoms with Crippen LogP contribution in [0.15, 0.2) is 167 Å². The number of benzene rings is 5. The largest absolute Gasteiger partial charge is 0.346 e. The van der Waals surface area contributed by atoms with Crippen LogP contribution >= 0.6 is 0 Å². The van der Waals surface area contributed by atoms with Gasteiger partial charge in [0.15, 0.2) is 0 Å². The van der Waals surface area contributed by atoms with Gasteiger partial charge in [-0.15, -0.1) is 0 Å². The number of fused-ring (bicyclic) bond motifs is 7. The Bertz CT molecular complexity index is 2590. The van der Waals surface area contributed by atoms with Gasteiger partial charge < -0.3 is 5.32 Å². The summed E-state index contributed by atoms with van der Waals surface area (Å²) in [5.41, 5.74) is 14.5. The first-order chi connectivity index (χ1) is 25.0. The average molecular weight is 660 g/mol. The van der Waals surface area contributed by atoms with Crippen LogP contribution in [0.5, 0.6) is 0 Å². The van der Waals surface area contributed by atoms with E-state index in [9.17, 15) is 0 Å². The van der Waals surface area contributed by atoms with Crippen molar-refractivity contribution in [1.29, 1.82) is 0 Å². The molecule has 0 saturated carbocycles. The van der Waals surface area contributed by atoms with Crippen molar-refractivity contribution in [3.05, 3.63) is 179 Å². The molecule has 5 aromatic carbocycles. The van der Waals surface area contributed by atoms with Gasteiger partial charge in [-0.25, -0.2) is 4.98 Å². The normalized spacial score (nSPS) is 19.7. The third-order valence-corrected chi connectivity index (χ3v) is 11.3. The van der Waals surface area contributed by atoms with E-state index in [1.165, 1.54) is 66.4 Å². The molecule has 10 rings (SSSR count). The standard InChI is InChI=1S/C46H35N3.C2H6/c1-45(2)38-15-7-5-13-34(38)35-24-21-31(27-40(35)45)43-39-16-9-10-26-46(39,48-28-47-43)32-22-18-30(19-23-32)42-36-14-6-8-17-41(36)49-44-33-12-4-3-11-29(33)20-25-37(42)44;1-2/h3-20,22-23,25-28H,21,24H2,1-2H3,(H,47,48);1-2H3. The van der Waals surface area contributed by atoms with Gasteiger partial charge in [-0.3, -0.25) is 4.99 Å². The first-order valence-electron chi connectivity index (χ1n) is 18.3. The third kappa shape index (κ3) is 4.64. The molecule has 0 spiro atoms. The van der Waals surface area contributed by atoms with Crippen LogP contribution in [-0.2, 0) is 11.0 Å². The summed E-state index contributed by atoms with van der Waals surface area (Å²) in [6, 6.07) is 39.5. The van der Waals surface area contributed by atoms with Crippen molar-refractivity contribution in [2.45, 2.75) is 51.5 Å². The average Bonchev–Trinajstić information content (AvgIpc) is 3.43. The van der Waals surface area contributed by atoms with Gasteiger partial charge in [-0.05, 0) is 69.3 Å². The Morgan fingerprint density at radius 1 is 0.686 bits per heavy atom. The number of pyridine rings is 1. The number of allylic oxidation sites excluding steroid dienone is 6. The van der Waals surface area contributed by atoms with Gasteiger partial charge in [0.25, 0.3) is 0 Å². The summed E-state index contributed by atoms with van der Waals surface area (Å²) < 4.78 is 0. The fourth-order valence-corrected chi connectivity index (χ4v) is 8.84. The number of nitrogens with zero attached hydrogens (tertiary/aromatic N) is 2. The monoisotopic (exact) mass is 659 g/mol. The lowest BCUT2D eigenvalue weighted by Crippen LogP contribution is -2.35. The summed E-state index contributed by atoms with van der Waals surface area (Å²) in [5.74, 6) is 0. The second-order valence-corrected chi connectivity index (χ2v) is 14.2. The maximum Gasteiger partial charge on any atom is 0.133 e. The van der Waals surface area contributed by atoms with Crippen LogP contribution in [0.4, 0.5) is 0 Å². The molecule has 0 fully saturated rings. The van der Waals surface area contributed by atoms with Crippen molar-refractivity contribution in [3.8, 4) is 11.1 Å². The zero-order chi connectivity index (χ0) is 34.7. The van der Waals surface area contributed by atoms with E-state index in [2.05, 4.69) is 159 Å². The van der Waals surface area contributed by atoms with Crippen molar-refractivity contribution in [1.82, 2.24) is 10.3 Å². The summed E-state index contributed by atoms with van der Waals surface area (Å²) >= 11 is 0. The van der Waals surface area contributed by atoms with Gasteiger partial charge in [0.1, 0.15) is 5.54 Å². The fraction of sp³-hybridized carbons (Fsp3) is 0.167. The molecule has 6 aromatic rings. The zero-order valence-corrected chi connectivity index (χ0v) is 29.7. The smallest absolute Gasteiger partial charge is 0.133 e. The van der Waals surface area contributed by atoms with Crippen LogP contribution < -0.4 is 5.32 Å². The number of para-hydroxylation sites is 1. The first-order valence-corrected chi connectivity index (χ1v) is 18.3. The molecule has 1 unspecified atom stereocenters. The maximum atomic E-state index is 5.18. The number of rotatable bonds is 3. The van der Waals surface area contributed by atoms with Crippen molar-refractivity contribution in [3.63, 3.8) is 0 Å². The van der Waals surface area contributed by atoms with Crippen molar-refractivity contribution >= 4 is 44.5 Å². The number of hydrogen-bond acceptors (Lipinski definition) is 3. The van der Waals surface area contributed by atoms with Crippen LogP contribution in [0.3, 0.4) is 0 Å². The second-order valence-electron chi connectivity index (χ2n) is 14.2. The van der Waals surface area contributed by atoms with Crippen molar-refractivity contribution in [2.75, 3.05) is 0 Å². The van der Waals surface area contributed by atoms with Crippen LogP contribution in [0.25, 0.3) is 49.3 Å². The SMILES string of the molecule is CC.CC1(C)C2=C(CCC(C3=C4C=CC=CC4(c4ccc(-c5c6ccccc6nc6c5ccc5ccccc56)cc4)N=CN3)=C2)c2ccccc21. The molecule has 0 amide bonds. The molecular weight excluding hydrogens is 619 g/mol. The number of nitrogens with one attached hydrogen (secondary N) is 1. The molecule has 0 bridgehead atoms. The van der Waals surface area contributed by atoms with E-state index in [-0.39, 0.29) is 5.41 Å². The molecule has 3 aliphatic carbocycles. The Morgan fingerprint density at radius 3 is 2.31 bits per heavy atom. The summed E-state index contributed by atoms with van der Waals surface area (Å²) in [4.78, 5) is 10.4. The molecule has 1 atom stereocenters. The molecule has 0 radical (unpaired) electrons. The van der Waals surface area contributed by atoms with Crippen LogP contribution in [0, 0.1) is 0 Å². The van der Waals surface area contributed by atoms with E-state index in [1.807, 2.05) is 20.2 Å². The zero-order valence-electron chi connectivity index (χ0n) is 29.7. The highest BCUT2D eigenvalue weighted by Crippen LogP contribution is 2.52. The maximum absolute atomic E-state index is 5.18. The topological polar surface area (TPSA) is 37.3 Å². The Balaban J connectivity index is 0.00000171. The summed E-state index contributed by atoms with van der Waals surface area (Å²) in [6.45, 7) is 8.74. The molecule has 1 N–H and O–H groups in total. The minimum atomic E-state index is -0.601. The lowest BCUT2D eigenvalue weighted by atomic mass is 9.75. The van der Waals surface area contributed by atoms with E-state index < -0.39 is 5.54 Å². The van der Waals surface area contributed by atoms with Crippen molar-refractivity contribution in [2.24, 2.45) is 4.99 Å². The molecule has 248 valence electrons. The minimum Gasteiger partial charge on any atom is -0.346 e. The second kappa shape index (κ2) is 11.9. The molecule has 0 saturated heterocycles. The predicted octanol–water partition coefficient (Wildman–Crippen LogP) is 11.9. The Kier molecular flexibility index (Phi) is 7.29. The van der Waals surface area contributed by atoms with Gasteiger partial charge in [0, 0.05) is 38.4 Å². The summed E-state index contributed by atoms with van der Waals surface area (Å²) in [5, 5.41) is 8.32. The highest BCUT2D eigenvalue weighted by molar-refractivity contribution is 6.16. The summed E-state index contributed by atoms with van der Waals surface area (Å²) in [7, 11) is 0. The molecule has 51 heavy (non-hydrogen) atoms. The van der Waals surface area contributed by atoms with Crippen molar-refractivity contribution < 1.29 is 0 Å². The van der Waals surface area contributed by atoms with Crippen LogP contribution in [-0.4, -0.2) is 11.3 Å². The van der Waals surface area contributed by atoms with E-state index in [4.69, 9.17) is 9.98 Å². The Morgan fingerprint density at radius 2 is 1.45 bits per heavy atom. The molecule has 3 nitrogen and oxygen atoms in total. The van der Waals surface area contributed by atoms with Crippen LogP contribution in [0.1, 0.15) is 57.2 Å². The van der Waals surface area contributed by atoms with Gasteiger partial charge in [-0.2, -0.15) is 0 Å². The fourth-order valence-electron chi connectivity index (χ4n) is 8.84. The van der Waals surface area contributed by atoms with Gasteiger partial charge in [-0.1, -0.05) is 155 Å². The van der Waals surface area contributed by atoms with E-state index in [1.54, 1.807) is 0 Å². The number of aliphatic imine (C=N–C) groups is 1. The number of aromatic nitrogens is 1. The molecule has 1 aliphatic heterocycles. The van der Waals surface area contributed by atoms with Gasteiger partial charge in [0.2, 0.25) is 0 Å². The van der Waals surface area contributed by atoms with Gasteiger partial charge in [0.05, 0.1) is 17.4 Å².